The van der Waals surface area contributed by atoms with E-state index in [-0.39, 0.29) is 24.2 Å². The van der Waals surface area contributed by atoms with Gasteiger partial charge in [-0.3, -0.25) is 4.79 Å². The standard InChI is InChI=1S/C14H15FN2OS/c1-9(2)16-13(18)7-12-8-19-14(17-12)10-4-3-5-11(15)6-10/h3-6,8-9H,7H2,1-2H3,(H,16,18). The number of nitrogens with zero attached hydrogens (tertiary/aromatic N) is 1. The van der Waals surface area contributed by atoms with E-state index < -0.39 is 0 Å². The number of thiazole rings is 1. The van der Waals surface area contributed by atoms with E-state index in [2.05, 4.69) is 10.3 Å². The Hall–Kier alpha value is -1.75. The number of halogens is 1. The lowest BCUT2D eigenvalue weighted by Crippen LogP contribution is -2.31. The maximum atomic E-state index is 13.1. The second kappa shape index (κ2) is 5.93. The van der Waals surface area contributed by atoms with Crippen LogP contribution < -0.4 is 5.32 Å². The average Bonchev–Trinajstić information content (AvgIpc) is 2.76. The van der Waals surface area contributed by atoms with Gasteiger partial charge in [0.25, 0.3) is 0 Å². The monoisotopic (exact) mass is 278 g/mol. The Balaban J connectivity index is 2.09. The summed E-state index contributed by atoms with van der Waals surface area (Å²) >= 11 is 1.41. The molecule has 0 aliphatic heterocycles. The number of amides is 1. The SMILES string of the molecule is CC(C)NC(=O)Cc1csc(-c2cccc(F)c2)n1. The molecule has 100 valence electrons. The van der Waals surface area contributed by atoms with Gasteiger partial charge in [-0.1, -0.05) is 12.1 Å². The fourth-order valence-corrected chi connectivity index (χ4v) is 2.50. The van der Waals surface area contributed by atoms with E-state index in [1.165, 1.54) is 23.5 Å². The van der Waals surface area contributed by atoms with Crippen LogP contribution >= 0.6 is 11.3 Å². The molecule has 0 saturated carbocycles. The number of nitrogens with one attached hydrogen (secondary N) is 1. The predicted octanol–water partition coefficient (Wildman–Crippen LogP) is 3.02. The van der Waals surface area contributed by atoms with Crippen LogP contribution in [-0.4, -0.2) is 16.9 Å². The van der Waals surface area contributed by atoms with Crippen molar-refractivity contribution in [3.8, 4) is 10.6 Å². The fourth-order valence-electron chi connectivity index (χ4n) is 1.68. The number of rotatable bonds is 4. The molecule has 1 aromatic carbocycles. The van der Waals surface area contributed by atoms with Crippen molar-refractivity contribution in [2.45, 2.75) is 26.3 Å². The number of hydrogen-bond acceptors (Lipinski definition) is 3. The van der Waals surface area contributed by atoms with Crippen molar-refractivity contribution in [3.05, 3.63) is 41.2 Å². The van der Waals surface area contributed by atoms with Gasteiger partial charge in [0.05, 0.1) is 12.1 Å². The summed E-state index contributed by atoms with van der Waals surface area (Å²) in [5, 5.41) is 5.38. The normalized spacial score (nSPS) is 10.7. The number of carbonyl (C=O) groups excluding carboxylic acids is 1. The Kier molecular flexibility index (Phi) is 4.27. The summed E-state index contributed by atoms with van der Waals surface area (Å²) in [6.45, 7) is 3.83. The highest BCUT2D eigenvalue weighted by Gasteiger charge is 2.10. The number of aromatic nitrogens is 1. The van der Waals surface area contributed by atoms with Crippen molar-refractivity contribution >= 4 is 17.2 Å². The van der Waals surface area contributed by atoms with Gasteiger partial charge < -0.3 is 5.32 Å². The first kappa shape index (κ1) is 13.7. The van der Waals surface area contributed by atoms with Gasteiger partial charge in [0.2, 0.25) is 5.91 Å². The van der Waals surface area contributed by atoms with E-state index in [9.17, 15) is 9.18 Å². The molecule has 0 fully saturated rings. The molecule has 2 aromatic rings. The number of carbonyl (C=O) groups is 1. The maximum Gasteiger partial charge on any atom is 0.226 e. The molecule has 1 heterocycles. The van der Waals surface area contributed by atoms with Crippen LogP contribution in [0.1, 0.15) is 19.5 Å². The van der Waals surface area contributed by atoms with Gasteiger partial charge in [0, 0.05) is 17.0 Å². The molecule has 2 rings (SSSR count). The van der Waals surface area contributed by atoms with Crippen molar-refractivity contribution in [1.82, 2.24) is 10.3 Å². The summed E-state index contributed by atoms with van der Waals surface area (Å²) in [5.74, 6) is -0.335. The molecular formula is C14H15FN2OS. The van der Waals surface area contributed by atoms with Gasteiger partial charge in [-0.25, -0.2) is 9.37 Å². The summed E-state index contributed by atoms with van der Waals surface area (Å²) in [5.41, 5.74) is 1.45. The molecule has 5 heteroatoms. The molecule has 0 spiro atoms. The zero-order valence-corrected chi connectivity index (χ0v) is 11.6. The van der Waals surface area contributed by atoms with Crippen molar-refractivity contribution in [2.24, 2.45) is 0 Å². The summed E-state index contributed by atoms with van der Waals surface area (Å²) in [6.07, 6.45) is 0.254. The number of benzene rings is 1. The molecule has 0 aliphatic carbocycles. The van der Waals surface area contributed by atoms with Gasteiger partial charge in [0.1, 0.15) is 10.8 Å². The lowest BCUT2D eigenvalue weighted by Gasteiger charge is -2.06. The Bertz CT molecular complexity index is 580. The van der Waals surface area contributed by atoms with Crippen molar-refractivity contribution in [1.29, 1.82) is 0 Å². The quantitative estimate of drug-likeness (QED) is 0.934. The van der Waals surface area contributed by atoms with E-state index in [0.717, 1.165) is 10.6 Å². The highest BCUT2D eigenvalue weighted by Crippen LogP contribution is 2.24. The second-order valence-electron chi connectivity index (χ2n) is 4.55. The van der Waals surface area contributed by atoms with Crippen molar-refractivity contribution in [3.63, 3.8) is 0 Å². The van der Waals surface area contributed by atoms with E-state index >= 15 is 0 Å². The van der Waals surface area contributed by atoms with Crippen LogP contribution in [0, 0.1) is 5.82 Å². The minimum absolute atomic E-state index is 0.0499. The Morgan fingerprint density at radius 3 is 2.95 bits per heavy atom. The molecule has 1 N–H and O–H groups in total. The van der Waals surface area contributed by atoms with E-state index in [1.807, 2.05) is 19.2 Å². The fraction of sp³-hybridized carbons (Fsp3) is 0.286. The van der Waals surface area contributed by atoms with Crippen LogP contribution in [-0.2, 0) is 11.2 Å². The molecule has 0 unspecified atom stereocenters. The van der Waals surface area contributed by atoms with Gasteiger partial charge in [0.15, 0.2) is 0 Å². The Morgan fingerprint density at radius 1 is 1.47 bits per heavy atom. The molecule has 3 nitrogen and oxygen atoms in total. The zero-order chi connectivity index (χ0) is 13.8. The predicted molar refractivity (Wildman–Crippen MR) is 74.5 cm³/mol. The zero-order valence-electron chi connectivity index (χ0n) is 10.8. The van der Waals surface area contributed by atoms with E-state index in [0.29, 0.717) is 5.69 Å². The molecule has 0 aliphatic rings. The smallest absolute Gasteiger partial charge is 0.226 e. The molecule has 1 amide bonds. The van der Waals surface area contributed by atoms with E-state index in [4.69, 9.17) is 0 Å². The third kappa shape index (κ3) is 3.86. The Labute approximate surface area is 115 Å². The highest BCUT2D eigenvalue weighted by molar-refractivity contribution is 7.13. The lowest BCUT2D eigenvalue weighted by molar-refractivity contribution is -0.120. The van der Waals surface area contributed by atoms with Crippen LogP contribution in [0.25, 0.3) is 10.6 Å². The van der Waals surface area contributed by atoms with E-state index in [1.54, 1.807) is 12.1 Å². The Morgan fingerprint density at radius 2 is 2.26 bits per heavy atom. The molecule has 19 heavy (non-hydrogen) atoms. The molecule has 0 saturated heterocycles. The first-order chi connectivity index (χ1) is 9.04. The summed E-state index contributed by atoms with van der Waals surface area (Å²) in [6, 6.07) is 6.41. The van der Waals surface area contributed by atoms with Crippen molar-refractivity contribution in [2.75, 3.05) is 0 Å². The lowest BCUT2D eigenvalue weighted by atomic mass is 10.2. The van der Waals surface area contributed by atoms with Crippen LogP contribution in [0.4, 0.5) is 4.39 Å². The third-order valence-electron chi connectivity index (χ3n) is 2.41. The van der Waals surface area contributed by atoms with Crippen molar-refractivity contribution < 1.29 is 9.18 Å². The topological polar surface area (TPSA) is 42.0 Å². The second-order valence-corrected chi connectivity index (χ2v) is 5.41. The minimum Gasteiger partial charge on any atom is -0.354 e. The average molecular weight is 278 g/mol. The molecular weight excluding hydrogens is 263 g/mol. The summed E-state index contributed by atoms with van der Waals surface area (Å²) < 4.78 is 13.1. The van der Waals surface area contributed by atoms with Gasteiger partial charge in [-0.15, -0.1) is 11.3 Å². The first-order valence-corrected chi connectivity index (χ1v) is 6.92. The molecule has 0 radical (unpaired) electrons. The van der Waals surface area contributed by atoms with Crippen LogP contribution in [0.15, 0.2) is 29.6 Å². The van der Waals surface area contributed by atoms with Gasteiger partial charge in [-0.2, -0.15) is 0 Å². The van der Waals surface area contributed by atoms with Crippen LogP contribution in [0.3, 0.4) is 0 Å². The highest BCUT2D eigenvalue weighted by atomic mass is 32.1. The summed E-state index contributed by atoms with van der Waals surface area (Å²) in [7, 11) is 0. The third-order valence-corrected chi connectivity index (χ3v) is 3.35. The van der Waals surface area contributed by atoms with Crippen LogP contribution in [0.2, 0.25) is 0 Å². The largest absolute Gasteiger partial charge is 0.354 e. The van der Waals surface area contributed by atoms with Gasteiger partial charge >= 0.3 is 0 Å². The molecule has 0 bridgehead atoms. The molecule has 1 aromatic heterocycles. The maximum absolute atomic E-state index is 13.1. The minimum atomic E-state index is -0.285. The van der Waals surface area contributed by atoms with Crippen LogP contribution in [0.5, 0.6) is 0 Å². The van der Waals surface area contributed by atoms with Gasteiger partial charge in [-0.05, 0) is 26.0 Å². The summed E-state index contributed by atoms with van der Waals surface area (Å²) in [4.78, 5) is 16.0. The number of hydrogen-bond donors (Lipinski definition) is 1. The molecule has 0 atom stereocenters. The first-order valence-electron chi connectivity index (χ1n) is 6.04.